The number of hydrogen-bond acceptors (Lipinski definition) is 3. The summed E-state index contributed by atoms with van der Waals surface area (Å²) in [5.74, 6) is 0.261. The minimum Gasteiger partial charge on any atom is -0.338 e. The molecule has 3 rings (SSSR count). The number of anilines is 1. The number of para-hydroxylation sites is 1. The molecule has 23 heavy (non-hydrogen) atoms. The number of nitrogens with one attached hydrogen (secondary N) is 2. The topological polar surface area (TPSA) is 61.4 Å². The minimum atomic E-state index is -0.191. The van der Waals surface area contributed by atoms with E-state index in [4.69, 9.17) is 0 Å². The van der Waals surface area contributed by atoms with Crippen molar-refractivity contribution in [2.24, 2.45) is 5.92 Å². The number of hydrogen-bond donors (Lipinski definition) is 2. The van der Waals surface area contributed by atoms with Crippen LogP contribution in [0.25, 0.3) is 0 Å². The summed E-state index contributed by atoms with van der Waals surface area (Å²) in [4.78, 5) is 26.8. The second-order valence-corrected chi connectivity index (χ2v) is 6.59. The number of amides is 3. The minimum absolute atomic E-state index is 0.113. The van der Waals surface area contributed by atoms with Gasteiger partial charge in [-0.2, -0.15) is 0 Å². The molecule has 3 amide bonds. The van der Waals surface area contributed by atoms with Crippen molar-refractivity contribution in [3.63, 3.8) is 0 Å². The lowest BCUT2D eigenvalue weighted by Gasteiger charge is -2.17. The summed E-state index contributed by atoms with van der Waals surface area (Å²) in [5.41, 5.74) is 0.919. The van der Waals surface area contributed by atoms with E-state index >= 15 is 0 Å². The van der Waals surface area contributed by atoms with Crippen LogP contribution in [0.5, 0.6) is 0 Å². The maximum atomic E-state index is 12.1. The summed E-state index contributed by atoms with van der Waals surface area (Å²) in [6, 6.07) is 13.4. The number of carbonyl (C=O) groups excluding carboxylic acids is 2. The van der Waals surface area contributed by atoms with Crippen molar-refractivity contribution in [1.29, 1.82) is 0 Å². The molecule has 1 fully saturated rings. The lowest BCUT2D eigenvalue weighted by Crippen LogP contribution is -2.38. The Hall–Kier alpha value is -2.34. The molecule has 120 valence electrons. The van der Waals surface area contributed by atoms with Crippen molar-refractivity contribution in [2.75, 3.05) is 18.0 Å². The summed E-state index contributed by atoms with van der Waals surface area (Å²) >= 11 is 1.61. The van der Waals surface area contributed by atoms with Gasteiger partial charge in [0, 0.05) is 36.0 Å². The highest BCUT2D eigenvalue weighted by Crippen LogP contribution is 2.24. The molecule has 2 heterocycles. The molecule has 1 aromatic heterocycles. The molecule has 0 spiro atoms. The molecule has 0 unspecified atom stereocenters. The van der Waals surface area contributed by atoms with E-state index in [-0.39, 0.29) is 17.9 Å². The zero-order chi connectivity index (χ0) is 16.1. The van der Waals surface area contributed by atoms with E-state index < -0.39 is 0 Å². The van der Waals surface area contributed by atoms with Crippen molar-refractivity contribution in [3.8, 4) is 0 Å². The highest BCUT2D eigenvalue weighted by Gasteiger charge is 2.30. The Kier molecular flexibility index (Phi) is 4.92. The first-order chi connectivity index (χ1) is 11.2. The van der Waals surface area contributed by atoms with Crippen molar-refractivity contribution in [3.05, 3.63) is 52.7 Å². The van der Waals surface area contributed by atoms with E-state index in [0.29, 0.717) is 26.1 Å². The van der Waals surface area contributed by atoms with E-state index in [1.807, 2.05) is 47.8 Å². The second kappa shape index (κ2) is 7.28. The van der Waals surface area contributed by atoms with Crippen molar-refractivity contribution in [2.45, 2.75) is 13.0 Å². The molecule has 6 heteroatoms. The molecule has 1 atom stereocenters. The predicted molar refractivity (Wildman–Crippen MR) is 91.5 cm³/mol. The Morgan fingerprint density at radius 3 is 2.74 bits per heavy atom. The SMILES string of the molecule is O=C(NCc1cccs1)NC[C@H]1CC(=O)N(c2ccccc2)C1. The maximum absolute atomic E-state index is 12.1. The molecule has 2 N–H and O–H groups in total. The first kappa shape index (κ1) is 15.6. The van der Waals surface area contributed by atoms with Crippen LogP contribution in [-0.4, -0.2) is 25.0 Å². The van der Waals surface area contributed by atoms with E-state index in [2.05, 4.69) is 10.6 Å². The third kappa shape index (κ3) is 4.10. The molecule has 1 aliphatic heterocycles. The molecule has 0 bridgehead atoms. The van der Waals surface area contributed by atoms with Gasteiger partial charge in [0.2, 0.25) is 5.91 Å². The van der Waals surface area contributed by atoms with Gasteiger partial charge in [-0.25, -0.2) is 4.79 Å². The van der Waals surface area contributed by atoms with Crippen LogP contribution in [-0.2, 0) is 11.3 Å². The lowest BCUT2D eigenvalue weighted by molar-refractivity contribution is -0.117. The summed E-state index contributed by atoms with van der Waals surface area (Å²) in [7, 11) is 0. The van der Waals surface area contributed by atoms with Gasteiger partial charge in [0.25, 0.3) is 0 Å². The molecule has 1 aromatic carbocycles. The molecule has 2 aromatic rings. The number of benzene rings is 1. The van der Waals surface area contributed by atoms with Crippen LogP contribution in [0.1, 0.15) is 11.3 Å². The van der Waals surface area contributed by atoms with Crippen LogP contribution < -0.4 is 15.5 Å². The number of carbonyl (C=O) groups is 2. The van der Waals surface area contributed by atoms with Crippen molar-refractivity contribution in [1.82, 2.24) is 10.6 Å². The van der Waals surface area contributed by atoms with Crippen LogP contribution in [0.2, 0.25) is 0 Å². The Morgan fingerprint density at radius 1 is 1.17 bits per heavy atom. The number of rotatable bonds is 5. The van der Waals surface area contributed by atoms with E-state index in [1.54, 1.807) is 16.2 Å². The van der Waals surface area contributed by atoms with E-state index in [0.717, 1.165) is 10.6 Å². The van der Waals surface area contributed by atoms with Gasteiger partial charge in [0.05, 0.1) is 6.54 Å². The van der Waals surface area contributed by atoms with Crippen LogP contribution in [0.4, 0.5) is 10.5 Å². The summed E-state index contributed by atoms with van der Waals surface area (Å²) in [6.07, 6.45) is 0.472. The number of thiophene rings is 1. The van der Waals surface area contributed by atoms with Crippen molar-refractivity contribution >= 4 is 29.0 Å². The Balaban J connectivity index is 1.44. The third-order valence-corrected chi connectivity index (χ3v) is 4.70. The van der Waals surface area contributed by atoms with Gasteiger partial charge < -0.3 is 15.5 Å². The van der Waals surface area contributed by atoms with Gasteiger partial charge in [-0.05, 0) is 23.6 Å². The van der Waals surface area contributed by atoms with Crippen LogP contribution >= 0.6 is 11.3 Å². The third-order valence-electron chi connectivity index (χ3n) is 3.83. The highest BCUT2D eigenvalue weighted by molar-refractivity contribution is 7.09. The van der Waals surface area contributed by atoms with Gasteiger partial charge in [-0.1, -0.05) is 24.3 Å². The Morgan fingerprint density at radius 2 is 2.00 bits per heavy atom. The molecule has 0 saturated carbocycles. The second-order valence-electron chi connectivity index (χ2n) is 5.55. The summed E-state index contributed by atoms with van der Waals surface area (Å²) < 4.78 is 0. The van der Waals surface area contributed by atoms with Crippen LogP contribution in [0.3, 0.4) is 0 Å². The standard InChI is InChI=1S/C17H19N3O2S/c21-16-9-13(12-20(16)14-5-2-1-3-6-14)10-18-17(22)19-11-15-7-4-8-23-15/h1-8,13H,9-12H2,(H2,18,19,22)/t13-/m1/s1. The first-order valence-electron chi connectivity index (χ1n) is 7.62. The average Bonchev–Trinajstić information content (AvgIpc) is 3.21. The molecule has 1 saturated heterocycles. The fraction of sp³-hybridized carbons (Fsp3) is 0.294. The molecule has 0 radical (unpaired) electrons. The zero-order valence-corrected chi connectivity index (χ0v) is 13.5. The Bertz CT molecular complexity index is 658. The van der Waals surface area contributed by atoms with Gasteiger partial charge in [-0.3, -0.25) is 4.79 Å². The average molecular weight is 329 g/mol. The van der Waals surface area contributed by atoms with E-state index in [9.17, 15) is 9.59 Å². The lowest BCUT2D eigenvalue weighted by atomic mass is 10.1. The first-order valence-corrected chi connectivity index (χ1v) is 8.50. The Labute approximate surface area is 139 Å². The maximum Gasteiger partial charge on any atom is 0.315 e. The number of nitrogens with zero attached hydrogens (tertiary/aromatic N) is 1. The zero-order valence-electron chi connectivity index (χ0n) is 12.7. The van der Waals surface area contributed by atoms with Gasteiger partial charge in [-0.15, -0.1) is 11.3 Å². The van der Waals surface area contributed by atoms with Crippen LogP contribution in [0, 0.1) is 5.92 Å². The summed E-state index contributed by atoms with van der Waals surface area (Å²) in [6.45, 7) is 1.68. The molecular weight excluding hydrogens is 310 g/mol. The van der Waals surface area contributed by atoms with Crippen LogP contribution in [0.15, 0.2) is 47.8 Å². The largest absolute Gasteiger partial charge is 0.338 e. The number of urea groups is 1. The smallest absolute Gasteiger partial charge is 0.315 e. The monoisotopic (exact) mass is 329 g/mol. The normalized spacial score (nSPS) is 17.3. The van der Waals surface area contributed by atoms with E-state index in [1.165, 1.54) is 0 Å². The van der Waals surface area contributed by atoms with Gasteiger partial charge >= 0.3 is 6.03 Å². The molecule has 0 aliphatic carbocycles. The van der Waals surface area contributed by atoms with Gasteiger partial charge in [0.1, 0.15) is 0 Å². The quantitative estimate of drug-likeness (QED) is 0.886. The summed E-state index contributed by atoms with van der Waals surface area (Å²) in [5, 5.41) is 7.66. The molecular formula is C17H19N3O2S. The fourth-order valence-corrected chi connectivity index (χ4v) is 3.30. The predicted octanol–water partition coefficient (Wildman–Crippen LogP) is 2.60. The van der Waals surface area contributed by atoms with Crippen molar-refractivity contribution < 1.29 is 9.59 Å². The molecule has 5 nitrogen and oxygen atoms in total. The fourth-order valence-electron chi connectivity index (χ4n) is 2.66. The highest BCUT2D eigenvalue weighted by atomic mass is 32.1. The van der Waals surface area contributed by atoms with Gasteiger partial charge in [0.15, 0.2) is 0 Å². The molecule has 1 aliphatic rings.